The Kier molecular flexibility index (Phi) is 4.05. The van der Waals surface area contributed by atoms with E-state index in [1.54, 1.807) is 31.4 Å². The van der Waals surface area contributed by atoms with Crippen molar-refractivity contribution < 1.29 is 13.9 Å². The Morgan fingerprint density at radius 1 is 1.06 bits per heavy atom. The van der Waals surface area contributed by atoms with Gasteiger partial charge in [-0.05, 0) is 29.8 Å². The highest BCUT2D eigenvalue weighted by Crippen LogP contribution is 2.26. The van der Waals surface area contributed by atoms with Crippen LogP contribution in [0.15, 0.2) is 42.5 Å². The van der Waals surface area contributed by atoms with Crippen molar-refractivity contribution in [2.75, 3.05) is 7.11 Å². The van der Waals surface area contributed by atoms with Crippen LogP contribution in [0.2, 0.25) is 0 Å². The second kappa shape index (κ2) is 5.74. The Morgan fingerprint density at radius 2 is 1.83 bits per heavy atom. The molecule has 0 spiro atoms. The highest BCUT2D eigenvalue weighted by atomic mass is 35.5. The highest BCUT2D eigenvalue weighted by Gasteiger charge is 2.03. The van der Waals surface area contributed by atoms with E-state index in [4.69, 9.17) is 21.1 Å². The van der Waals surface area contributed by atoms with Crippen LogP contribution in [0.1, 0.15) is 5.56 Å². The van der Waals surface area contributed by atoms with Gasteiger partial charge in [0.25, 0.3) is 0 Å². The Bertz CT molecular complexity index is 543. The van der Waals surface area contributed by atoms with E-state index in [-0.39, 0.29) is 11.7 Å². The molecule has 2 aromatic carbocycles. The molecule has 0 unspecified atom stereocenters. The number of benzene rings is 2. The van der Waals surface area contributed by atoms with Gasteiger partial charge in [0.05, 0.1) is 7.11 Å². The van der Waals surface area contributed by atoms with Crippen LogP contribution < -0.4 is 9.47 Å². The molecule has 18 heavy (non-hydrogen) atoms. The van der Waals surface area contributed by atoms with Gasteiger partial charge >= 0.3 is 0 Å². The number of hydrogen-bond donors (Lipinski definition) is 0. The zero-order valence-electron chi connectivity index (χ0n) is 9.82. The summed E-state index contributed by atoms with van der Waals surface area (Å²) in [6, 6.07) is 11.5. The molecule has 0 saturated heterocycles. The second-order valence-electron chi connectivity index (χ2n) is 3.71. The van der Waals surface area contributed by atoms with Crippen molar-refractivity contribution in [1.29, 1.82) is 0 Å². The molecule has 0 bridgehead atoms. The van der Waals surface area contributed by atoms with E-state index >= 15 is 0 Å². The first-order valence-corrected chi connectivity index (χ1v) is 5.92. The largest absolute Gasteiger partial charge is 0.497 e. The van der Waals surface area contributed by atoms with Crippen molar-refractivity contribution in [3.63, 3.8) is 0 Å². The highest BCUT2D eigenvalue weighted by molar-refractivity contribution is 6.17. The predicted octanol–water partition coefficient (Wildman–Crippen LogP) is 4.37. The third kappa shape index (κ3) is 3.14. The number of ether oxygens (including phenoxy) is 2. The molecule has 2 aromatic rings. The summed E-state index contributed by atoms with van der Waals surface area (Å²) in [5.41, 5.74) is 0.676. The molecule has 94 valence electrons. The van der Waals surface area contributed by atoms with E-state index in [1.807, 2.05) is 6.07 Å². The molecule has 0 amide bonds. The maximum atomic E-state index is 13.3. The normalized spacial score (nSPS) is 10.2. The molecule has 2 rings (SSSR count). The number of methoxy groups -OCH3 is 1. The third-order valence-corrected chi connectivity index (χ3v) is 2.67. The fourth-order valence-electron chi connectivity index (χ4n) is 1.56. The lowest BCUT2D eigenvalue weighted by molar-refractivity contribution is 0.408. The predicted molar refractivity (Wildman–Crippen MR) is 69.0 cm³/mol. The van der Waals surface area contributed by atoms with E-state index in [2.05, 4.69) is 0 Å². The van der Waals surface area contributed by atoms with Crippen LogP contribution in [-0.4, -0.2) is 7.11 Å². The van der Waals surface area contributed by atoms with Crippen LogP contribution in [0.5, 0.6) is 17.2 Å². The second-order valence-corrected chi connectivity index (χ2v) is 3.98. The smallest absolute Gasteiger partial charge is 0.131 e. The monoisotopic (exact) mass is 266 g/mol. The minimum absolute atomic E-state index is 0.242. The fraction of sp³-hybridized carbons (Fsp3) is 0.143. The van der Waals surface area contributed by atoms with E-state index in [0.717, 1.165) is 0 Å². The van der Waals surface area contributed by atoms with E-state index in [1.165, 1.54) is 12.1 Å². The summed E-state index contributed by atoms with van der Waals surface area (Å²) in [5.74, 6) is 1.55. The summed E-state index contributed by atoms with van der Waals surface area (Å²) >= 11 is 5.68. The van der Waals surface area contributed by atoms with Crippen LogP contribution in [0.4, 0.5) is 4.39 Å². The lowest BCUT2D eigenvalue weighted by atomic mass is 10.2. The van der Waals surface area contributed by atoms with Crippen LogP contribution in [0.25, 0.3) is 0 Å². The van der Waals surface area contributed by atoms with E-state index < -0.39 is 0 Å². The Morgan fingerprint density at radius 3 is 2.56 bits per heavy atom. The van der Waals surface area contributed by atoms with Gasteiger partial charge in [0, 0.05) is 18.0 Å². The van der Waals surface area contributed by atoms with Gasteiger partial charge in [-0.15, -0.1) is 11.6 Å². The SMILES string of the molecule is COc1cccc(Oc2cc(F)cc(CCl)c2)c1. The summed E-state index contributed by atoms with van der Waals surface area (Å²) in [6.07, 6.45) is 0. The van der Waals surface area contributed by atoms with Crippen molar-refractivity contribution in [1.82, 2.24) is 0 Å². The van der Waals surface area contributed by atoms with Gasteiger partial charge < -0.3 is 9.47 Å². The fourth-order valence-corrected chi connectivity index (χ4v) is 1.71. The molecule has 0 aromatic heterocycles. The molecule has 0 aliphatic heterocycles. The topological polar surface area (TPSA) is 18.5 Å². The van der Waals surface area contributed by atoms with E-state index in [0.29, 0.717) is 22.8 Å². The quantitative estimate of drug-likeness (QED) is 0.765. The molecular formula is C14H12ClFO2. The van der Waals surface area contributed by atoms with E-state index in [9.17, 15) is 4.39 Å². The van der Waals surface area contributed by atoms with Gasteiger partial charge in [-0.25, -0.2) is 4.39 Å². The minimum atomic E-state index is -0.369. The van der Waals surface area contributed by atoms with Crippen LogP contribution in [-0.2, 0) is 5.88 Å². The average molecular weight is 267 g/mol. The van der Waals surface area contributed by atoms with Gasteiger partial charge in [0.15, 0.2) is 0 Å². The van der Waals surface area contributed by atoms with Gasteiger partial charge in [0.2, 0.25) is 0 Å². The Balaban J connectivity index is 2.24. The van der Waals surface area contributed by atoms with Crippen molar-refractivity contribution in [2.24, 2.45) is 0 Å². The van der Waals surface area contributed by atoms with Crippen molar-refractivity contribution >= 4 is 11.6 Å². The molecule has 0 N–H and O–H groups in total. The molecule has 2 nitrogen and oxygen atoms in total. The summed E-state index contributed by atoms with van der Waals surface area (Å²) in [5, 5.41) is 0. The van der Waals surface area contributed by atoms with Crippen molar-refractivity contribution in [3.8, 4) is 17.2 Å². The first-order chi connectivity index (χ1) is 8.71. The molecule has 0 radical (unpaired) electrons. The molecule has 0 atom stereocenters. The molecule has 0 aliphatic carbocycles. The lowest BCUT2D eigenvalue weighted by Crippen LogP contribution is -1.89. The Hall–Kier alpha value is -1.74. The summed E-state index contributed by atoms with van der Waals surface area (Å²) < 4.78 is 24.0. The first-order valence-electron chi connectivity index (χ1n) is 5.38. The lowest BCUT2D eigenvalue weighted by Gasteiger charge is -2.08. The number of rotatable bonds is 4. The Labute approximate surface area is 110 Å². The van der Waals surface area contributed by atoms with Crippen LogP contribution in [0, 0.1) is 5.82 Å². The first kappa shape index (κ1) is 12.7. The third-order valence-electron chi connectivity index (χ3n) is 2.36. The maximum absolute atomic E-state index is 13.3. The number of halogens is 2. The van der Waals surface area contributed by atoms with Gasteiger partial charge in [0.1, 0.15) is 23.1 Å². The number of hydrogen-bond acceptors (Lipinski definition) is 2. The van der Waals surface area contributed by atoms with Gasteiger partial charge in [-0.3, -0.25) is 0 Å². The molecular weight excluding hydrogens is 255 g/mol. The van der Waals surface area contributed by atoms with Gasteiger partial charge in [-0.1, -0.05) is 6.07 Å². The number of alkyl halides is 1. The molecule has 0 aliphatic rings. The summed E-state index contributed by atoms with van der Waals surface area (Å²) in [6.45, 7) is 0. The molecule has 0 fully saturated rings. The summed E-state index contributed by atoms with van der Waals surface area (Å²) in [7, 11) is 1.58. The maximum Gasteiger partial charge on any atom is 0.131 e. The minimum Gasteiger partial charge on any atom is -0.497 e. The standard InChI is InChI=1S/C14H12ClFO2/c1-17-12-3-2-4-13(8-12)18-14-6-10(9-15)5-11(16)7-14/h2-8H,9H2,1H3. The van der Waals surface area contributed by atoms with Crippen LogP contribution in [0.3, 0.4) is 0 Å². The molecule has 0 heterocycles. The zero-order valence-corrected chi connectivity index (χ0v) is 10.6. The summed E-state index contributed by atoms with van der Waals surface area (Å²) in [4.78, 5) is 0. The van der Waals surface area contributed by atoms with Gasteiger partial charge in [-0.2, -0.15) is 0 Å². The molecule has 0 saturated carbocycles. The van der Waals surface area contributed by atoms with Crippen molar-refractivity contribution in [2.45, 2.75) is 5.88 Å². The van der Waals surface area contributed by atoms with Crippen molar-refractivity contribution in [3.05, 3.63) is 53.8 Å². The zero-order chi connectivity index (χ0) is 13.0. The average Bonchev–Trinajstić information content (AvgIpc) is 2.38. The van der Waals surface area contributed by atoms with Crippen LogP contribution >= 0.6 is 11.6 Å². The molecule has 4 heteroatoms.